The molecule has 11 aromatic rings. The van der Waals surface area contributed by atoms with E-state index in [-0.39, 0.29) is 0 Å². The summed E-state index contributed by atoms with van der Waals surface area (Å²) in [6.07, 6.45) is 0. The van der Waals surface area contributed by atoms with Crippen LogP contribution in [0.15, 0.2) is 160 Å². The van der Waals surface area contributed by atoms with Gasteiger partial charge in [0.1, 0.15) is 22.3 Å². The average molecular weight is 802 g/mol. The lowest BCUT2D eigenvalue weighted by atomic mass is 9.99. The van der Waals surface area contributed by atoms with Gasteiger partial charge in [-0.3, -0.25) is 0 Å². The third-order valence-corrected chi connectivity index (χ3v) is 12.6. The van der Waals surface area contributed by atoms with Crippen molar-refractivity contribution in [2.75, 3.05) is 9.80 Å². The number of furan rings is 2. The second kappa shape index (κ2) is 14.1. The van der Waals surface area contributed by atoms with E-state index in [0.29, 0.717) is 16.9 Å². The van der Waals surface area contributed by atoms with Crippen LogP contribution in [0.4, 0.5) is 39.8 Å². The van der Waals surface area contributed by atoms with Gasteiger partial charge in [0.05, 0.1) is 6.57 Å². The number of rotatable bonds is 6. The molecule has 2 heterocycles. The van der Waals surface area contributed by atoms with Crippen LogP contribution in [0.5, 0.6) is 0 Å². The molecule has 0 aliphatic rings. The topological polar surface area (TPSA) is 37.1 Å². The van der Waals surface area contributed by atoms with E-state index in [0.717, 1.165) is 88.4 Å². The molecule has 0 saturated heterocycles. The van der Waals surface area contributed by atoms with Gasteiger partial charge in [-0.15, -0.1) is 0 Å². The van der Waals surface area contributed by atoms with E-state index in [9.17, 15) is 0 Å². The van der Waals surface area contributed by atoms with Crippen molar-refractivity contribution in [2.45, 2.75) is 41.5 Å². The van der Waals surface area contributed by atoms with Crippen molar-refractivity contribution in [3.63, 3.8) is 0 Å². The third-order valence-electron chi connectivity index (χ3n) is 12.6. The number of aryl methyl sites for hydroxylation is 6. The molecule has 0 amide bonds. The van der Waals surface area contributed by atoms with Gasteiger partial charge in [0, 0.05) is 55.7 Å². The van der Waals surface area contributed by atoms with E-state index in [2.05, 4.69) is 202 Å². The third kappa shape index (κ3) is 5.90. The number of hydrogen-bond acceptors (Lipinski definition) is 4. The van der Waals surface area contributed by atoms with Crippen molar-refractivity contribution >= 4 is 105 Å². The lowest BCUT2D eigenvalue weighted by molar-refractivity contribution is 0.665. The molecule has 0 N–H and O–H groups in total. The predicted octanol–water partition coefficient (Wildman–Crippen LogP) is 17.1. The summed E-state index contributed by atoms with van der Waals surface area (Å²) in [5.74, 6) is 0. The standard InChI is InChI=1S/C57H43N3O2/c1-33-16-18-37(5)50(24-33)59(48-14-10-8-12-35(48)3)43-22-20-39-28-45-52(30-41(39)26-43)61-54-32-47(58-7)57-56(55(45)54)46-29-40-21-23-44(27-42(40)31-53(46)62-57)60(49-15-11-9-13-36(49)4)51-25-34(2)17-19-38(51)6/h8-32H,1-6H3. The summed E-state index contributed by atoms with van der Waals surface area (Å²) in [4.78, 5) is 8.68. The fourth-order valence-electron chi connectivity index (χ4n) is 9.38. The number of anilines is 6. The summed E-state index contributed by atoms with van der Waals surface area (Å²) in [5.41, 5.74) is 17.1. The number of hydrogen-bond donors (Lipinski definition) is 0. The first-order chi connectivity index (χ1) is 30.1. The van der Waals surface area contributed by atoms with Gasteiger partial charge >= 0.3 is 0 Å². The molecule has 0 aliphatic heterocycles. The molecule has 0 atom stereocenters. The Kier molecular flexibility index (Phi) is 8.49. The first-order valence-electron chi connectivity index (χ1n) is 21.1. The highest BCUT2D eigenvalue weighted by Gasteiger charge is 2.23. The van der Waals surface area contributed by atoms with Gasteiger partial charge < -0.3 is 18.6 Å². The molecular formula is C57H43N3O2. The molecule has 0 fully saturated rings. The van der Waals surface area contributed by atoms with Crippen molar-refractivity contribution in [3.05, 3.63) is 196 Å². The van der Waals surface area contributed by atoms with Gasteiger partial charge in [-0.05, 0) is 175 Å². The molecule has 0 aliphatic carbocycles. The van der Waals surface area contributed by atoms with Crippen LogP contribution in [0.2, 0.25) is 0 Å². The number of fused-ring (bicyclic) bond motifs is 9. The largest absolute Gasteiger partial charge is 0.467 e. The van der Waals surface area contributed by atoms with E-state index in [1.54, 1.807) is 0 Å². The molecule has 2 aromatic heterocycles. The van der Waals surface area contributed by atoms with Crippen molar-refractivity contribution in [1.82, 2.24) is 0 Å². The molecule has 298 valence electrons. The minimum absolute atomic E-state index is 0.433. The summed E-state index contributed by atoms with van der Waals surface area (Å²) in [6, 6.07) is 54.2. The minimum Gasteiger partial charge on any atom is -0.467 e. The smallest absolute Gasteiger partial charge is 0.233 e. The van der Waals surface area contributed by atoms with Gasteiger partial charge in [-0.25, -0.2) is 4.85 Å². The molecule has 0 radical (unpaired) electrons. The maximum absolute atomic E-state index is 8.22. The molecule has 0 bridgehead atoms. The van der Waals surface area contributed by atoms with Crippen LogP contribution >= 0.6 is 0 Å². The predicted molar refractivity (Wildman–Crippen MR) is 260 cm³/mol. The van der Waals surface area contributed by atoms with Crippen LogP contribution in [-0.2, 0) is 0 Å². The molecule has 0 saturated carbocycles. The molecule has 0 spiro atoms. The van der Waals surface area contributed by atoms with Crippen LogP contribution in [0, 0.1) is 48.1 Å². The highest BCUT2D eigenvalue weighted by atomic mass is 16.3. The zero-order valence-electron chi connectivity index (χ0n) is 35.6. The molecule has 11 rings (SSSR count). The van der Waals surface area contributed by atoms with Crippen LogP contribution < -0.4 is 9.80 Å². The molecule has 62 heavy (non-hydrogen) atoms. The Morgan fingerprint density at radius 2 is 0.887 bits per heavy atom. The SMILES string of the molecule is [C-]#[N+]c1cc2oc3cc4cc(N(c5ccccc5C)c5cc(C)ccc5C)ccc4cc3c2c2c1oc1cc3cc(N(c4ccccc4C)c4cc(C)ccc4C)ccc3cc12. The molecule has 0 unspecified atom stereocenters. The Balaban J connectivity index is 1.09. The molecular weight excluding hydrogens is 759 g/mol. The summed E-state index contributed by atoms with van der Waals surface area (Å²) in [7, 11) is 0. The average Bonchev–Trinajstić information content (AvgIpc) is 3.82. The molecule has 5 heteroatoms. The summed E-state index contributed by atoms with van der Waals surface area (Å²) in [6.45, 7) is 21.2. The van der Waals surface area contributed by atoms with Crippen LogP contribution in [0.3, 0.4) is 0 Å². The maximum atomic E-state index is 8.22. The van der Waals surface area contributed by atoms with Gasteiger partial charge in [0.15, 0.2) is 0 Å². The number of benzene rings is 9. The lowest BCUT2D eigenvalue weighted by Gasteiger charge is -2.29. The first kappa shape index (κ1) is 37.2. The zero-order chi connectivity index (χ0) is 42.4. The first-order valence-corrected chi connectivity index (χ1v) is 21.1. The summed E-state index contributed by atoms with van der Waals surface area (Å²) < 4.78 is 13.4. The van der Waals surface area contributed by atoms with E-state index < -0.39 is 0 Å². The minimum atomic E-state index is 0.433. The highest BCUT2D eigenvalue weighted by Crippen LogP contribution is 2.48. The van der Waals surface area contributed by atoms with Gasteiger partial charge in [-0.1, -0.05) is 72.8 Å². The fourth-order valence-corrected chi connectivity index (χ4v) is 9.38. The zero-order valence-corrected chi connectivity index (χ0v) is 35.6. The highest BCUT2D eigenvalue weighted by molar-refractivity contribution is 6.30. The van der Waals surface area contributed by atoms with Crippen molar-refractivity contribution in [2.24, 2.45) is 0 Å². The number of para-hydroxylation sites is 2. The monoisotopic (exact) mass is 801 g/mol. The number of nitrogens with zero attached hydrogens (tertiary/aromatic N) is 3. The fraction of sp³-hybridized carbons (Fsp3) is 0.105. The van der Waals surface area contributed by atoms with Gasteiger partial charge in [0.2, 0.25) is 5.69 Å². The Bertz CT molecular complexity index is 3690. The van der Waals surface area contributed by atoms with Crippen molar-refractivity contribution in [1.29, 1.82) is 0 Å². The van der Waals surface area contributed by atoms with Crippen molar-refractivity contribution in [3.8, 4) is 0 Å². The second-order valence-electron chi connectivity index (χ2n) is 16.9. The molecule has 9 aromatic carbocycles. The Labute approximate surface area is 360 Å². The summed E-state index contributed by atoms with van der Waals surface area (Å²) >= 11 is 0. The van der Waals surface area contributed by atoms with E-state index >= 15 is 0 Å². The quantitative estimate of drug-likeness (QED) is 0.157. The Morgan fingerprint density at radius 1 is 0.403 bits per heavy atom. The van der Waals surface area contributed by atoms with Gasteiger partial charge in [0.25, 0.3) is 0 Å². The maximum Gasteiger partial charge on any atom is 0.233 e. The van der Waals surface area contributed by atoms with Crippen LogP contribution in [0.25, 0.3) is 70.3 Å². The van der Waals surface area contributed by atoms with Crippen LogP contribution in [-0.4, -0.2) is 0 Å². The molecule has 5 nitrogen and oxygen atoms in total. The Morgan fingerprint density at radius 3 is 1.40 bits per heavy atom. The van der Waals surface area contributed by atoms with E-state index in [1.165, 1.54) is 33.4 Å². The lowest BCUT2D eigenvalue weighted by Crippen LogP contribution is -2.12. The van der Waals surface area contributed by atoms with E-state index in [4.69, 9.17) is 15.4 Å². The van der Waals surface area contributed by atoms with E-state index in [1.807, 2.05) is 6.07 Å². The summed E-state index contributed by atoms with van der Waals surface area (Å²) in [5, 5.41) is 8.13. The normalized spacial score (nSPS) is 11.7. The van der Waals surface area contributed by atoms with Crippen molar-refractivity contribution < 1.29 is 8.83 Å². The van der Waals surface area contributed by atoms with Crippen LogP contribution in [0.1, 0.15) is 33.4 Å². The van der Waals surface area contributed by atoms with Gasteiger partial charge in [-0.2, -0.15) is 0 Å². The second-order valence-corrected chi connectivity index (χ2v) is 16.9. The Hall–Kier alpha value is -7.81.